The van der Waals surface area contributed by atoms with Crippen molar-refractivity contribution in [1.82, 2.24) is 9.88 Å². The van der Waals surface area contributed by atoms with E-state index in [-0.39, 0.29) is 11.9 Å². The predicted octanol–water partition coefficient (Wildman–Crippen LogP) is 2.28. The van der Waals surface area contributed by atoms with Crippen LogP contribution in [0.3, 0.4) is 0 Å². The summed E-state index contributed by atoms with van der Waals surface area (Å²) in [6, 6.07) is 5.58. The number of amides is 1. The molecule has 0 fully saturated rings. The van der Waals surface area contributed by atoms with Crippen LogP contribution in [0.1, 0.15) is 37.6 Å². The number of hydrogen-bond donors (Lipinski definition) is 1. The van der Waals surface area contributed by atoms with Crippen LogP contribution in [-0.4, -0.2) is 34.9 Å². The van der Waals surface area contributed by atoms with Crippen molar-refractivity contribution in [3.63, 3.8) is 0 Å². The Morgan fingerprint density at radius 3 is 2.89 bits per heavy atom. The maximum atomic E-state index is 12.4. The van der Waals surface area contributed by atoms with Crippen molar-refractivity contribution in [3.8, 4) is 6.07 Å². The van der Waals surface area contributed by atoms with Gasteiger partial charge >= 0.3 is 0 Å². The van der Waals surface area contributed by atoms with Crippen LogP contribution in [0.2, 0.25) is 0 Å². The average molecular weight is 260 g/mol. The topological polar surface area (TPSA) is 69.0 Å². The first-order chi connectivity index (χ1) is 9.10. The lowest BCUT2D eigenvalue weighted by Crippen LogP contribution is -2.37. The lowest BCUT2D eigenvalue weighted by molar-refractivity contribution is 0.0710. The van der Waals surface area contributed by atoms with Crippen LogP contribution in [0.25, 0.3) is 0 Å². The second kappa shape index (κ2) is 7.37. The van der Waals surface area contributed by atoms with Crippen LogP contribution in [0.15, 0.2) is 18.3 Å². The molecule has 0 saturated heterocycles. The number of nitrogens with one attached hydrogen (secondary N) is 1. The molecule has 1 N–H and O–H groups in total. The number of rotatable bonds is 6. The van der Waals surface area contributed by atoms with Gasteiger partial charge in [-0.2, -0.15) is 5.26 Å². The number of pyridine rings is 1. The first kappa shape index (κ1) is 15.0. The van der Waals surface area contributed by atoms with E-state index >= 15 is 0 Å². The minimum atomic E-state index is -0.0631. The Bertz CT molecular complexity index is 465. The quantitative estimate of drug-likeness (QED) is 0.852. The molecule has 1 amide bonds. The SMILES string of the molecule is CCNc1cc(C(=O)N(CCC#N)C(C)C)ccn1. The molecule has 0 aromatic carbocycles. The number of anilines is 1. The van der Waals surface area contributed by atoms with Gasteiger partial charge < -0.3 is 10.2 Å². The molecule has 0 aliphatic carbocycles. The maximum absolute atomic E-state index is 12.4. The number of carbonyl (C=O) groups is 1. The molecular formula is C14H20N4O. The Labute approximate surface area is 114 Å². The first-order valence-corrected chi connectivity index (χ1v) is 6.48. The van der Waals surface area contributed by atoms with E-state index in [9.17, 15) is 4.79 Å². The number of hydrogen-bond acceptors (Lipinski definition) is 4. The Hall–Kier alpha value is -2.09. The summed E-state index contributed by atoms with van der Waals surface area (Å²) in [5, 5.41) is 11.7. The molecule has 102 valence electrons. The molecule has 0 aliphatic heterocycles. The molecule has 1 rings (SSSR count). The standard InChI is InChI=1S/C14H20N4O/c1-4-16-13-10-12(6-8-17-13)14(19)18(11(2)3)9-5-7-15/h6,8,10-11H,4-5,9H2,1-3H3,(H,16,17). The molecule has 0 unspecified atom stereocenters. The molecule has 1 aromatic heterocycles. The minimum absolute atomic E-state index is 0.0631. The highest BCUT2D eigenvalue weighted by atomic mass is 16.2. The van der Waals surface area contributed by atoms with Crippen LogP contribution in [0.5, 0.6) is 0 Å². The van der Waals surface area contributed by atoms with Crippen molar-refractivity contribution in [2.75, 3.05) is 18.4 Å². The van der Waals surface area contributed by atoms with Crippen molar-refractivity contribution < 1.29 is 4.79 Å². The zero-order valence-electron chi connectivity index (χ0n) is 11.7. The van der Waals surface area contributed by atoms with Gasteiger partial charge in [-0.1, -0.05) is 0 Å². The average Bonchev–Trinajstić information content (AvgIpc) is 2.39. The summed E-state index contributed by atoms with van der Waals surface area (Å²) in [5.74, 6) is 0.629. The largest absolute Gasteiger partial charge is 0.370 e. The molecule has 19 heavy (non-hydrogen) atoms. The van der Waals surface area contributed by atoms with Crippen molar-refractivity contribution in [3.05, 3.63) is 23.9 Å². The van der Waals surface area contributed by atoms with E-state index in [2.05, 4.69) is 16.4 Å². The molecule has 0 atom stereocenters. The van der Waals surface area contributed by atoms with E-state index in [1.807, 2.05) is 20.8 Å². The highest BCUT2D eigenvalue weighted by Crippen LogP contribution is 2.12. The van der Waals surface area contributed by atoms with E-state index < -0.39 is 0 Å². The number of aromatic nitrogens is 1. The Balaban J connectivity index is 2.89. The van der Waals surface area contributed by atoms with Crippen LogP contribution < -0.4 is 5.32 Å². The lowest BCUT2D eigenvalue weighted by atomic mass is 10.2. The van der Waals surface area contributed by atoms with E-state index in [0.29, 0.717) is 24.3 Å². The summed E-state index contributed by atoms with van der Waals surface area (Å²) in [4.78, 5) is 18.3. The van der Waals surface area contributed by atoms with Gasteiger partial charge in [0.15, 0.2) is 0 Å². The molecule has 1 aromatic rings. The molecule has 0 radical (unpaired) electrons. The third-order valence-corrected chi connectivity index (χ3v) is 2.71. The van der Waals surface area contributed by atoms with Gasteiger partial charge in [0, 0.05) is 30.9 Å². The van der Waals surface area contributed by atoms with Crippen molar-refractivity contribution in [1.29, 1.82) is 5.26 Å². The Kier molecular flexibility index (Phi) is 5.80. The fraction of sp³-hybridized carbons (Fsp3) is 0.500. The van der Waals surface area contributed by atoms with Gasteiger partial charge in [0.1, 0.15) is 5.82 Å². The van der Waals surface area contributed by atoms with Gasteiger partial charge in [-0.25, -0.2) is 4.98 Å². The molecule has 5 nitrogen and oxygen atoms in total. The van der Waals surface area contributed by atoms with Crippen LogP contribution in [-0.2, 0) is 0 Å². The molecule has 0 aliphatic rings. The van der Waals surface area contributed by atoms with Crippen molar-refractivity contribution >= 4 is 11.7 Å². The molecular weight excluding hydrogens is 240 g/mol. The van der Waals surface area contributed by atoms with E-state index in [1.165, 1.54) is 0 Å². The third-order valence-electron chi connectivity index (χ3n) is 2.71. The van der Waals surface area contributed by atoms with Gasteiger partial charge in [0.05, 0.1) is 12.5 Å². The van der Waals surface area contributed by atoms with Gasteiger partial charge in [0.25, 0.3) is 5.91 Å². The van der Waals surface area contributed by atoms with Crippen molar-refractivity contribution in [2.45, 2.75) is 33.2 Å². The van der Waals surface area contributed by atoms with Crippen molar-refractivity contribution in [2.24, 2.45) is 0 Å². The summed E-state index contributed by atoms with van der Waals surface area (Å²) in [7, 11) is 0. The summed E-state index contributed by atoms with van der Waals surface area (Å²) in [6.45, 7) is 7.08. The normalized spacial score (nSPS) is 10.1. The summed E-state index contributed by atoms with van der Waals surface area (Å²) < 4.78 is 0. The van der Waals surface area contributed by atoms with Gasteiger partial charge in [-0.05, 0) is 32.9 Å². The van der Waals surface area contributed by atoms with Crippen LogP contribution in [0, 0.1) is 11.3 Å². The smallest absolute Gasteiger partial charge is 0.254 e. The Morgan fingerprint density at radius 1 is 1.58 bits per heavy atom. The van der Waals surface area contributed by atoms with Crippen LogP contribution in [0.4, 0.5) is 5.82 Å². The van der Waals surface area contributed by atoms with Crippen LogP contribution >= 0.6 is 0 Å². The highest BCUT2D eigenvalue weighted by molar-refractivity contribution is 5.95. The molecule has 0 spiro atoms. The summed E-state index contributed by atoms with van der Waals surface area (Å²) in [5.41, 5.74) is 0.595. The number of nitriles is 1. The van der Waals surface area contributed by atoms with Gasteiger partial charge in [-0.3, -0.25) is 4.79 Å². The third kappa shape index (κ3) is 4.25. The fourth-order valence-corrected chi connectivity index (χ4v) is 1.77. The fourth-order valence-electron chi connectivity index (χ4n) is 1.77. The zero-order valence-corrected chi connectivity index (χ0v) is 11.7. The number of carbonyl (C=O) groups excluding carboxylic acids is 1. The molecule has 5 heteroatoms. The second-order valence-corrected chi connectivity index (χ2v) is 4.46. The maximum Gasteiger partial charge on any atom is 0.254 e. The van der Waals surface area contributed by atoms with Gasteiger partial charge in [-0.15, -0.1) is 0 Å². The monoisotopic (exact) mass is 260 g/mol. The molecule has 0 bridgehead atoms. The summed E-state index contributed by atoms with van der Waals surface area (Å²) >= 11 is 0. The first-order valence-electron chi connectivity index (χ1n) is 6.48. The Morgan fingerprint density at radius 2 is 2.32 bits per heavy atom. The predicted molar refractivity (Wildman–Crippen MR) is 74.8 cm³/mol. The van der Waals surface area contributed by atoms with E-state index in [1.54, 1.807) is 23.2 Å². The molecule has 0 saturated carbocycles. The summed E-state index contributed by atoms with van der Waals surface area (Å²) in [6.07, 6.45) is 1.96. The molecule has 1 heterocycles. The number of nitrogens with zero attached hydrogens (tertiary/aromatic N) is 3. The zero-order chi connectivity index (χ0) is 14.3. The van der Waals surface area contributed by atoms with E-state index in [4.69, 9.17) is 5.26 Å². The van der Waals surface area contributed by atoms with E-state index in [0.717, 1.165) is 6.54 Å². The highest BCUT2D eigenvalue weighted by Gasteiger charge is 2.18. The lowest BCUT2D eigenvalue weighted by Gasteiger charge is -2.26. The van der Waals surface area contributed by atoms with Gasteiger partial charge in [0.2, 0.25) is 0 Å². The minimum Gasteiger partial charge on any atom is -0.370 e. The second-order valence-electron chi connectivity index (χ2n) is 4.46.